The van der Waals surface area contributed by atoms with Gasteiger partial charge in [-0.3, -0.25) is 4.79 Å². The van der Waals surface area contributed by atoms with Gasteiger partial charge in [-0.1, -0.05) is 12.1 Å². The fraction of sp³-hybridized carbons (Fsp3) is 0.500. The number of carbonyl (C=O) groups excluding carboxylic acids is 1. The summed E-state index contributed by atoms with van der Waals surface area (Å²) >= 11 is 7.35. The summed E-state index contributed by atoms with van der Waals surface area (Å²) in [4.78, 5) is 20.8. The van der Waals surface area contributed by atoms with Crippen LogP contribution in [0.25, 0.3) is 0 Å². The summed E-state index contributed by atoms with van der Waals surface area (Å²) in [5, 5.41) is 0.439. The molecule has 0 aliphatic carbocycles. The fourth-order valence-electron chi connectivity index (χ4n) is 2.99. The number of alkyl halides is 1. The highest BCUT2D eigenvalue weighted by atomic mass is 35.5. The first kappa shape index (κ1) is 18.9. The number of benzene rings is 1. The SMILES string of the molecule is COc1cccc(Cc2nsc(N3CCCN(C(=O)C(C)Cl)CC3)n2)c1. The lowest BCUT2D eigenvalue weighted by atomic mass is 10.1. The van der Waals surface area contributed by atoms with Crippen LogP contribution in [0, 0.1) is 0 Å². The lowest BCUT2D eigenvalue weighted by molar-refractivity contribution is -0.130. The monoisotopic (exact) mass is 394 g/mol. The van der Waals surface area contributed by atoms with Gasteiger partial charge in [-0.15, -0.1) is 11.6 Å². The van der Waals surface area contributed by atoms with Gasteiger partial charge in [-0.2, -0.15) is 4.37 Å². The highest BCUT2D eigenvalue weighted by molar-refractivity contribution is 7.09. The van der Waals surface area contributed by atoms with Gasteiger partial charge < -0.3 is 14.5 Å². The second-order valence-corrected chi connectivity index (χ2v) is 7.69. The second kappa shape index (κ2) is 8.68. The summed E-state index contributed by atoms with van der Waals surface area (Å²) in [6.45, 7) is 4.75. The minimum atomic E-state index is -0.474. The molecule has 3 rings (SSSR count). The molecule has 0 radical (unpaired) electrons. The second-order valence-electron chi connectivity index (χ2n) is 6.30. The number of aromatic nitrogens is 2. The molecule has 26 heavy (non-hydrogen) atoms. The van der Waals surface area contributed by atoms with Crippen molar-refractivity contribution >= 4 is 34.2 Å². The van der Waals surface area contributed by atoms with Crippen LogP contribution in [0.4, 0.5) is 5.13 Å². The van der Waals surface area contributed by atoms with Gasteiger partial charge in [0.05, 0.1) is 7.11 Å². The van der Waals surface area contributed by atoms with Crippen LogP contribution in [0.3, 0.4) is 0 Å². The van der Waals surface area contributed by atoms with E-state index in [1.54, 1.807) is 14.0 Å². The normalized spacial score (nSPS) is 16.3. The van der Waals surface area contributed by atoms with Crippen LogP contribution in [-0.2, 0) is 11.2 Å². The first-order valence-electron chi connectivity index (χ1n) is 8.70. The molecule has 0 spiro atoms. The van der Waals surface area contributed by atoms with Crippen LogP contribution >= 0.6 is 23.1 Å². The van der Waals surface area contributed by atoms with Crippen molar-refractivity contribution in [2.24, 2.45) is 0 Å². The zero-order valence-corrected chi connectivity index (χ0v) is 16.6. The third kappa shape index (κ3) is 4.65. The van der Waals surface area contributed by atoms with Gasteiger partial charge in [0.25, 0.3) is 0 Å². The largest absolute Gasteiger partial charge is 0.497 e. The van der Waals surface area contributed by atoms with Gasteiger partial charge in [0.15, 0.2) is 0 Å². The molecular formula is C18H23ClN4O2S. The Morgan fingerprint density at radius 2 is 2.19 bits per heavy atom. The van der Waals surface area contributed by atoms with Crippen molar-refractivity contribution in [3.63, 3.8) is 0 Å². The molecule has 1 atom stereocenters. The van der Waals surface area contributed by atoms with Crippen LogP contribution < -0.4 is 9.64 Å². The molecule has 1 unspecified atom stereocenters. The molecule has 1 fully saturated rings. The van der Waals surface area contributed by atoms with Crippen molar-refractivity contribution in [1.29, 1.82) is 0 Å². The Kier molecular flexibility index (Phi) is 6.32. The summed E-state index contributed by atoms with van der Waals surface area (Å²) in [5.41, 5.74) is 1.12. The van der Waals surface area contributed by atoms with Gasteiger partial charge in [-0.05, 0) is 31.0 Å². The number of hydrogen-bond donors (Lipinski definition) is 0. The number of hydrogen-bond acceptors (Lipinski definition) is 6. The van der Waals surface area contributed by atoms with E-state index < -0.39 is 5.38 Å². The van der Waals surface area contributed by atoms with E-state index in [0.29, 0.717) is 13.0 Å². The summed E-state index contributed by atoms with van der Waals surface area (Å²) in [7, 11) is 1.66. The Morgan fingerprint density at radius 3 is 2.96 bits per heavy atom. The predicted octanol–water partition coefficient (Wildman–Crippen LogP) is 2.80. The average molecular weight is 395 g/mol. The molecule has 1 saturated heterocycles. The zero-order valence-electron chi connectivity index (χ0n) is 15.0. The number of ether oxygens (including phenoxy) is 1. The van der Waals surface area contributed by atoms with Gasteiger partial charge in [0, 0.05) is 44.1 Å². The molecule has 2 aromatic rings. The van der Waals surface area contributed by atoms with Gasteiger partial charge >= 0.3 is 0 Å². The van der Waals surface area contributed by atoms with Gasteiger partial charge in [-0.25, -0.2) is 4.98 Å². The lowest BCUT2D eigenvalue weighted by Crippen LogP contribution is -2.38. The molecule has 8 heteroatoms. The first-order chi connectivity index (χ1) is 12.6. The maximum atomic E-state index is 12.1. The quantitative estimate of drug-likeness (QED) is 0.730. The molecule has 2 heterocycles. The Balaban J connectivity index is 1.63. The van der Waals surface area contributed by atoms with E-state index in [2.05, 4.69) is 9.27 Å². The number of rotatable bonds is 5. The van der Waals surface area contributed by atoms with E-state index in [9.17, 15) is 4.79 Å². The Labute approximate surface area is 162 Å². The molecule has 1 aromatic carbocycles. The number of carbonyl (C=O) groups is 1. The van der Waals surface area contributed by atoms with Crippen LogP contribution in [0.5, 0.6) is 5.75 Å². The van der Waals surface area contributed by atoms with E-state index >= 15 is 0 Å². The molecule has 1 amide bonds. The molecule has 140 valence electrons. The van der Waals surface area contributed by atoms with Crippen molar-refractivity contribution in [2.45, 2.75) is 25.1 Å². The summed E-state index contributed by atoms with van der Waals surface area (Å²) in [5.74, 6) is 1.65. The van der Waals surface area contributed by atoms with Crippen LogP contribution in [-0.4, -0.2) is 58.8 Å². The number of amides is 1. The Hall–Kier alpha value is -1.86. The maximum Gasteiger partial charge on any atom is 0.240 e. The summed E-state index contributed by atoms with van der Waals surface area (Å²) < 4.78 is 9.77. The van der Waals surface area contributed by atoms with Crippen LogP contribution in [0.15, 0.2) is 24.3 Å². The molecule has 0 N–H and O–H groups in total. The Bertz CT molecular complexity index is 752. The van der Waals surface area contributed by atoms with Gasteiger partial charge in [0.1, 0.15) is 17.0 Å². The standard InChI is InChI=1S/C18H23ClN4O2S/c1-13(19)17(24)22-7-4-8-23(10-9-22)18-20-16(21-26-18)12-14-5-3-6-15(11-14)25-2/h3,5-6,11,13H,4,7-10,12H2,1-2H3. The number of anilines is 1. The smallest absolute Gasteiger partial charge is 0.240 e. The van der Waals surface area contributed by atoms with E-state index in [-0.39, 0.29) is 5.91 Å². The van der Waals surface area contributed by atoms with E-state index in [0.717, 1.165) is 48.3 Å². The van der Waals surface area contributed by atoms with Crippen molar-refractivity contribution < 1.29 is 9.53 Å². The molecule has 0 saturated carbocycles. The van der Waals surface area contributed by atoms with Crippen LogP contribution in [0.1, 0.15) is 24.7 Å². The summed E-state index contributed by atoms with van der Waals surface area (Å²) in [6.07, 6.45) is 1.58. The third-order valence-corrected chi connectivity index (χ3v) is 5.37. The molecule has 1 aliphatic heterocycles. The van der Waals surface area contributed by atoms with E-state index in [1.165, 1.54) is 11.5 Å². The maximum absolute atomic E-state index is 12.1. The predicted molar refractivity (Wildman–Crippen MR) is 104 cm³/mol. The fourth-order valence-corrected chi connectivity index (χ4v) is 3.87. The lowest BCUT2D eigenvalue weighted by Gasteiger charge is -2.22. The van der Waals surface area contributed by atoms with Crippen molar-refractivity contribution in [3.05, 3.63) is 35.7 Å². The Morgan fingerprint density at radius 1 is 1.35 bits per heavy atom. The van der Waals surface area contributed by atoms with Crippen LogP contribution in [0.2, 0.25) is 0 Å². The molecule has 1 aromatic heterocycles. The number of nitrogens with zero attached hydrogens (tertiary/aromatic N) is 4. The molecule has 1 aliphatic rings. The summed E-state index contributed by atoms with van der Waals surface area (Å²) in [6, 6.07) is 7.95. The average Bonchev–Trinajstić information content (AvgIpc) is 2.96. The number of methoxy groups -OCH3 is 1. The highest BCUT2D eigenvalue weighted by Crippen LogP contribution is 2.22. The van der Waals surface area contributed by atoms with Crippen molar-refractivity contribution in [3.8, 4) is 5.75 Å². The number of halogens is 1. The molecular weight excluding hydrogens is 372 g/mol. The highest BCUT2D eigenvalue weighted by Gasteiger charge is 2.23. The van der Waals surface area contributed by atoms with Crippen molar-refractivity contribution in [1.82, 2.24) is 14.3 Å². The van der Waals surface area contributed by atoms with Crippen molar-refractivity contribution in [2.75, 3.05) is 38.2 Å². The van der Waals surface area contributed by atoms with E-state index in [4.69, 9.17) is 21.3 Å². The zero-order chi connectivity index (χ0) is 18.5. The topological polar surface area (TPSA) is 58.6 Å². The third-order valence-electron chi connectivity index (χ3n) is 4.37. The minimum absolute atomic E-state index is 0.00416. The molecule has 0 bridgehead atoms. The first-order valence-corrected chi connectivity index (χ1v) is 9.91. The molecule has 6 nitrogen and oxygen atoms in total. The minimum Gasteiger partial charge on any atom is -0.497 e. The van der Waals surface area contributed by atoms with Gasteiger partial charge in [0.2, 0.25) is 11.0 Å². The van der Waals surface area contributed by atoms with E-state index in [1.807, 2.05) is 29.2 Å².